The monoisotopic (exact) mass is 350 g/mol. The highest BCUT2D eigenvalue weighted by atomic mass is 32.1. The Labute approximate surface area is 144 Å². The molecule has 0 atom stereocenters. The number of amides is 1. The van der Waals surface area contributed by atoms with E-state index in [-0.39, 0.29) is 5.56 Å². The number of aromatic nitrogens is 2. The Morgan fingerprint density at radius 2 is 2.17 bits per heavy atom. The standard InChI is InChI=1S/C16H22N4O3S/c1-16(2,3)23-15(22)18-7-6-17-12-9-14(21)20(19-10-12)11-13-5-4-8-24-13/h4-5,8-10,17H,6-7,11H2,1-3H3,(H,18,22). The lowest BCUT2D eigenvalue weighted by Crippen LogP contribution is -2.35. The maximum absolute atomic E-state index is 12.0. The maximum atomic E-state index is 12.0. The highest BCUT2D eigenvalue weighted by Crippen LogP contribution is 2.09. The lowest BCUT2D eigenvalue weighted by molar-refractivity contribution is 0.0530. The van der Waals surface area contributed by atoms with Crippen molar-refractivity contribution in [1.29, 1.82) is 0 Å². The summed E-state index contributed by atoms with van der Waals surface area (Å²) in [4.78, 5) is 24.6. The van der Waals surface area contributed by atoms with E-state index in [1.807, 2.05) is 38.3 Å². The number of carbonyl (C=O) groups is 1. The van der Waals surface area contributed by atoms with E-state index in [0.29, 0.717) is 25.3 Å². The molecule has 0 saturated heterocycles. The third-order valence-corrected chi connectivity index (χ3v) is 3.74. The molecular formula is C16H22N4O3S. The molecule has 2 aromatic rings. The van der Waals surface area contributed by atoms with Crippen LogP contribution in [-0.2, 0) is 11.3 Å². The van der Waals surface area contributed by atoms with Crippen molar-refractivity contribution in [3.63, 3.8) is 0 Å². The molecule has 1 amide bonds. The summed E-state index contributed by atoms with van der Waals surface area (Å²) in [5, 5.41) is 11.8. The first-order valence-corrected chi connectivity index (χ1v) is 8.52. The number of thiophene rings is 1. The summed E-state index contributed by atoms with van der Waals surface area (Å²) < 4.78 is 6.54. The minimum atomic E-state index is -0.519. The van der Waals surface area contributed by atoms with E-state index in [0.717, 1.165) is 4.88 Å². The number of nitrogens with zero attached hydrogens (tertiary/aromatic N) is 2. The first-order chi connectivity index (χ1) is 11.3. The third-order valence-electron chi connectivity index (χ3n) is 2.88. The van der Waals surface area contributed by atoms with Gasteiger partial charge in [-0.25, -0.2) is 9.48 Å². The molecule has 0 aliphatic heterocycles. The number of hydrogen-bond acceptors (Lipinski definition) is 6. The summed E-state index contributed by atoms with van der Waals surface area (Å²) in [6.45, 7) is 6.74. The van der Waals surface area contributed by atoms with Gasteiger partial charge >= 0.3 is 6.09 Å². The van der Waals surface area contributed by atoms with Gasteiger partial charge in [0.05, 0.1) is 18.4 Å². The number of ether oxygens (including phenoxy) is 1. The van der Waals surface area contributed by atoms with Gasteiger partial charge in [0.25, 0.3) is 5.56 Å². The lowest BCUT2D eigenvalue weighted by Gasteiger charge is -2.19. The predicted octanol–water partition coefficient (Wildman–Crippen LogP) is 2.29. The Morgan fingerprint density at radius 1 is 1.38 bits per heavy atom. The normalized spacial score (nSPS) is 11.1. The van der Waals surface area contributed by atoms with Crippen molar-refractivity contribution in [2.45, 2.75) is 32.9 Å². The Hall–Kier alpha value is -2.35. The van der Waals surface area contributed by atoms with Crippen LogP contribution < -0.4 is 16.2 Å². The average Bonchev–Trinajstić information content (AvgIpc) is 2.97. The van der Waals surface area contributed by atoms with Crippen molar-refractivity contribution >= 4 is 23.1 Å². The molecule has 24 heavy (non-hydrogen) atoms. The van der Waals surface area contributed by atoms with E-state index in [4.69, 9.17) is 4.74 Å². The van der Waals surface area contributed by atoms with E-state index >= 15 is 0 Å². The molecule has 0 unspecified atom stereocenters. The molecule has 130 valence electrons. The van der Waals surface area contributed by atoms with Gasteiger partial charge in [-0.15, -0.1) is 11.3 Å². The van der Waals surface area contributed by atoms with Gasteiger partial charge in [0.2, 0.25) is 0 Å². The van der Waals surface area contributed by atoms with Crippen LogP contribution in [0.25, 0.3) is 0 Å². The Bertz CT molecular complexity index is 720. The zero-order chi connectivity index (χ0) is 17.6. The lowest BCUT2D eigenvalue weighted by atomic mass is 10.2. The van der Waals surface area contributed by atoms with Crippen molar-refractivity contribution in [3.8, 4) is 0 Å². The molecule has 0 radical (unpaired) electrons. The molecule has 0 aromatic carbocycles. The molecular weight excluding hydrogens is 328 g/mol. The summed E-state index contributed by atoms with van der Waals surface area (Å²) in [6, 6.07) is 5.40. The summed E-state index contributed by atoms with van der Waals surface area (Å²) in [7, 11) is 0. The van der Waals surface area contributed by atoms with Gasteiger partial charge < -0.3 is 15.4 Å². The van der Waals surface area contributed by atoms with Gasteiger partial charge in [-0.05, 0) is 32.2 Å². The molecule has 2 N–H and O–H groups in total. The molecule has 0 aliphatic rings. The van der Waals surface area contributed by atoms with Gasteiger partial charge in [-0.2, -0.15) is 5.10 Å². The average molecular weight is 350 g/mol. The van der Waals surface area contributed by atoms with Crippen molar-refractivity contribution in [2.24, 2.45) is 0 Å². The van der Waals surface area contributed by atoms with E-state index in [2.05, 4.69) is 15.7 Å². The van der Waals surface area contributed by atoms with Gasteiger partial charge in [-0.3, -0.25) is 4.79 Å². The van der Waals surface area contributed by atoms with Crippen LogP contribution in [0.2, 0.25) is 0 Å². The first kappa shape index (κ1) is 18.0. The van der Waals surface area contributed by atoms with Crippen LogP contribution >= 0.6 is 11.3 Å². The molecule has 2 rings (SSSR count). The molecule has 8 heteroatoms. The number of alkyl carbamates (subject to hydrolysis) is 1. The molecule has 2 aromatic heterocycles. The SMILES string of the molecule is CC(C)(C)OC(=O)NCCNc1cnn(Cc2cccs2)c(=O)c1. The Balaban J connectivity index is 1.78. The predicted molar refractivity (Wildman–Crippen MR) is 94.6 cm³/mol. The molecule has 0 bridgehead atoms. The fourth-order valence-electron chi connectivity index (χ4n) is 1.88. The van der Waals surface area contributed by atoms with Crippen molar-refractivity contribution in [3.05, 3.63) is 45.0 Å². The zero-order valence-corrected chi connectivity index (χ0v) is 14.9. The first-order valence-electron chi connectivity index (χ1n) is 7.64. The highest BCUT2D eigenvalue weighted by molar-refractivity contribution is 7.09. The number of hydrogen-bond donors (Lipinski definition) is 2. The minimum Gasteiger partial charge on any atom is -0.444 e. The quantitative estimate of drug-likeness (QED) is 0.781. The highest BCUT2D eigenvalue weighted by Gasteiger charge is 2.15. The van der Waals surface area contributed by atoms with Crippen LogP contribution in [0.3, 0.4) is 0 Å². The van der Waals surface area contributed by atoms with Crippen LogP contribution in [0.4, 0.5) is 10.5 Å². The molecule has 2 heterocycles. The van der Waals surface area contributed by atoms with Crippen molar-refractivity contribution in [1.82, 2.24) is 15.1 Å². The van der Waals surface area contributed by atoms with Crippen LogP contribution in [-0.4, -0.2) is 34.6 Å². The van der Waals surface area contributed by atoms with Gasteiger partial charge in [-0.1, -0.05) is 6.07 Å². The Morgan fingerprint density at radius 3 is 2.79 bits per heavy atom. The fourth-order valence-corrected chi connectivity index (χ4v) is 2.57. The van der Waals surface area contributed by atoms with E-state index in [1.54, 1.807) is 17.5 Å². The van der Waals surface area contributed by atoms with Crippen LogP contribution in [0.1, 0.15) is 25.6 Å². The third kappa shape index (κ3) is 6.04. The molecule has 0 aliphatic carbocycles. The van der Waals surface area contributed by atoms with E-state index < -0.39 is 11.7 Å². The maximum Gasteiger partial charge on any atom is 0.407 e. The van der Waals surface area contributed by atoms with Crippen molar-refractivity contribution < 1.29 is 9.53 Å². The van der Waals surface area contributed by atoms with Crippen molar-refractivity contribution in [2.75, 3.05) is 18.4 Å². The number of rotatable bonds is 6. The summed E-state index contributed by atoms with van der Waals surface area (Å²) in [5.41, 5.74) is -0.0731. The number of carbonyl (C=O) groups excluding carboxylic acids is 1. The number of anilines is 1. The summed E-state index contributed by atoms with van der Waals surface area (Å²) in [6.07, 6.45) is 1.14. The molecule has 0 saturated carbocycles. The Kier molecular flexibility index (Phi) is 5.97. The van der Waals surface area contributed by atoms with Gasteiger partial charge in [0, 0.05) is 24.0 Å². The minimum absolute atomic E-state index is 0.173. The smallest absolute Gasteiger partial charge is 0.407 e. The van der Waals surface area contributed by atoms with E-state index in [1.165, 1.54) is 10.7 Å². The van der Waals surface area contributed by atoms with E-state index in [9.17, 15) is 9.59 Å². The largest absolute Gasteiger partial charge is 0.444 e. The van der Waals surface area contributed by atoms with Crippen LogP contribution in [0.5, 0.6) is 0 Å². The van der Waals surface area contributed by atoms with Gasteiger partial charge in [0.1, 0.15) is 5.60 Å². The van der Waals surface area contributed by atoms with Crippen LogP contribution in [0, 0.1) is 0 Å². The summed E-state index contributed by atoms with van der Waals surface area (Å²) >= 11 is 1.59. The zero-order valence-electron chi connectivity index (χ0n) is 14.0. The summed E-state index contributed by atoms with van der Waals surface area (Å²) in [5.74, 6) is 0. The number of nitrogens with one attached hydrogen (secondary N) is 2. The second-order valence-electron chi connectivity index (χ2n) is 6.17. The second kappa shape index (κ2) is 7.96. The topological polar surface area (TPSA) is 85.2 Å². The molecule has 0 fully saturated rings. The molecule has 0 spiro atoms. The second-order valence-corrected chi connectivity index (χ2v) is 7.21. The van der Waals surface area contributed by atoms with Crippen LogP contribution in [0.15, 0.2) is 34.6 Å². The van der Waals surface area contributed by atoms with Gasteiger partial charge in [0.15, 0.2) is 0 Å². The fraction of sp³-hybridized carbons (Fsp3) is 0.438. The molecule has 7 nitrogen and oxygen atoms in total.